The number of ether oxygens (including phenoxy) is 1. The number of benzene rings is 4. The van der Waals surface area contributed by atoms with Crippen molar-refractivity contribution in [3.05, 3.63) is 102 Å². The first-order valence-corrected chi connectivity index (χ1v) is 11.0. The molecule has 0 unspecified atom stereocenters. The van der Waals surface area contributed by atoms with Crippen LogP contribution in [0.1, 0.15) is 34.6 Å². The minimum Gasteiger partial charge on any atom is -0.453 e. The fourth-order valence-electron chi connectivity index (χ4n) is 4.74. The zero-order chi connectivity index (χ0) is 22.7. The van der Waals surface area contributed by atoms with Gasteiger partial charge in [0, 0.05) is 16.7 Å². The van der Waals surface area contributed by atoms with Crippen molar-refractivity contribution in [3.63, 3.8) is 0 Å². The van der Waals surface area contributed by atoms with E-state index < -0.39 is 5.41 Å². The highest BCUT2D eigenvalue weighted by atomic mass is 16.5. The Balaban J connectivity index is 1.69. The number of carbonyl (C=O) groups excluding carboxylic acids is 2. The first kappa shape index (κ1) is 19.5. The van der Waals surface area contributed by atoms with Gasteiger partial charge in [-0.1, -0.05) is 54.6 Å². The van der Waals surface area contributed by atoms with Crippen LogP contribution in [0.3, 0.4) is 0 Å². The van der Waals surface area contributed by atoms with Crippen molar-refractivity contribution in [3.8, 4) is 22.6 Å². The molecule has 6 rings (SSSR count). The summed E-state index contributed by atoms with van der Waals surface area (Å²) in [6.07, 6.45) is 0. The van der Waals surface area contributed by atoms with Crippen molar-refractivity contribution in [1.29, 1.82) is 0 Å². The molecule has 1 aliphatic heterocycles. The monoisotopic (exact) mass is 431 g/mol. The van der Waals surface area contributed by atoms with Crippen LogP contribution in [0.15, 0.2) is 91.0 Å². The van der Waals surface area contributed by atoms with Gasteiger partial charge in [0.2, 0.25) is 0 Å². The number of hydrogen-bond donors (Lipinski definition) is 0. The Morgan fingerprint density at radius 3 is 1.73 bits per heavy atom. The number of hydrogen-bond acceptors (Lipinski definition) is 4. The predicted molar refractivity (Wildman–Crippen MR) is 129 cm³/mol. The lowest BCUT2D eigenvalue weighted by Crippen LogP contribution is -2.25. The van der Waals surface area contributed by atoms with Crippen LogP contribution in [0.4, 0.5) is 17.1 Å². The molecule has 4 nitrogen and oxygen atoms in total. The SMILES string of the molecule is CC1(C)C(=O)c2cc(-c3ccccc3)c(N3c4ccccc4Oc4ccccc43)cc2C1=O. The molecule has 0 N–H and O–H groups in total. The standard InChI is InChI=1S/C29H21NO3/c1-29(2)27(31)20-16-19(18-10-4-3-5-11-18)24(17-21(20)28(29)32)30-22-12-6-8-14-25(22)33-26-15-9-7-13-23(26)30/h3-17H,1-2H3. The maximum Gasteiger partial charge on any atom is 0.177 e. The molecule has 0 saturated heterocycles. The predicted octanol–water partition coefficient (Wildman–Crippen LogP) is 7.33. The van der Waals surface area contributed by atoms with Crippen LogP contribution in [-0.4, -0.2) is 11.6 Å². The fraction of sp³-hybridized carbons (Fsp3) is 0.103. The van der Waals surface area contributed by atoms with Gasteiger partial charge in [0.1, 0.15) is 0 Å². The third kappa shape index (κ3) is 2.77. The summed E-state index contributed by atoms with van der Waals surface area (Å²) in [5, 5.41) is 0. The molecule has 1 heterocycles. The number of ketones is 2. The highest BCUT2D eigenvalue weighted by Crippen LogP contribution is 2.53. The van der Waals surface area contributed by atoms with Gasteiger partial charge >= 0.3 is 0 Å². The first-order valence-electron chi connectivity index (χ1n) is 11.0. The Labute approximate surface area is 192 Å². The summed E-state index contributed by atoms with van der Waals surface area (Å²) in [4.78, 5) is 28.5. The molecule has 0 bridgehead atoms. The first-order chi connectivity index (χ1) is 16.0. The molecule has 1 aliphatic carbocycles. The molecule has 0 fully saturated rings. The van der Waals surface area contributed by atoms with E-state index in [9.17, 15) is 9.59 Å². The van der Waals surface area contributed by atoms with Crippen molar-refractivity contribution >= 4 is 28.6 Å². The van der Waals surface area contributed by atoms with E-state index in [2.05, 4.69) is 4.90 Å². The molecule has 0 amide bonds. The summed E-state index contributed by atoms with van der Waals surface area (Å²) >= 11 is 0. The number of Topliss-reactive ketones (excluding diaryl/α,β-unsaturated/α-hetero) is 2. The van der Waals surface area contributed by atoms with Crippen molar-refractivity contribution in [2.45, 2.75) is 13.8 Å². The van der Waals surface area contributed by atoms with Crippen LogP contribution in [-0.2, 0) is 0 Å². The maximum absolute atomic E-state index is 13.2. The average molecular weight is 431 g/mol. The van der Waals surface area contributed by atoms with Crippen LogP contribution in [0.25, 0.3) is 11.1 Å². The molecule has 0 aromatic heterocycles. The molecule has 160 valence electrons. The Hall–Kier alpha value is -4.18. The zero-order valence-corrected chi connectivity index (χ0v) is 18.3. The van der Waals surface area contributed by atoms with Gasteiger partial charge in [-0.25, -0.2) is 0 Å². The molecule has 0 atom stereocenters. The lowest BCUT2D eigenvalue weighted by Gasteiger charge is -2.34. The van der Waals surface area contributed by atoms with Crippen molar-refractivity contribution < 1.29 is 14.3 Å². The quantitative estimate of drug-likeness (QED) is 0.274. The Kier molecular flexibility index (Phi) is 4.08. The fourth-order valence-corrected chi connectivity index (χ4v) is 4.74. The van der Waals surface area contributed by atoms with Gasteiger partial charge in [-0.15, -0.1) is 0 Å². The smallest absolute Gasteiger partial charge is 0.177 e. The molecule has 0 spiro atoms. The second-order valence-electron chi connectivity index (χ2n) is 8.94. The van der Waals surface area contributed by atoms with Crippen LogP contribution in [0.5, 0.6) is 11.5 Å². The van der Waals surface area contributed by atoms with Gasteiger partial charge < -0.3 is 9.64 Å². The lowest BCUT2D eigenvalue weighted by atomic mass is 9.88. The number of anilines is 3. The van der Waals surface area contributed by atoms with Crippen molar-refractivity contribution in [2.24, 2.45) is 5.41 Å². The highest BCUT2D eigenvalue weighted by Gasteiger charge is 2.46. The Morgan fingerprint density at radius 2 is 1.12 bits per heavy atom. The van der Waals surface area contributed by atoms with Crippen molar-refractivity contribution in [2.75, 3.05) is 4.90 Å². The molecular weight excluding hydrogens is 410 g/mol. The summed E-state index contributed by atoms with van der Waals surface area (Å²) in [5.41, 5.74) is 4.36. The minimum absolute atomic E-state index is 0.131. The number of fused-ring (bicyclic) bond motifs is 3. The van der Waals surface area contributed by atoms with Gasteiger partial charge in [-0.3, -0.25) is 9.59 Å². The van der Waals surface area contributed by atoms with E-state index in [1.54, 1.807) is 13.8 Å². The molecule has 33 heavy (non-hydrogen) atoms. The molecule has 4 aromatic rings. The third-order valence-electron chi connectivity index (χ3n) is 6.52. The van der Waals surface area contributed by atoms with Gasteiger partial charge in [-0.05, 0) is 55.8 Å². The van der Waals surface area contributed by atoms with Gasteiger partial charge in [-0.2, -0.15) is 0 Å². The van der Waals surface area contributed by atoms with Crippen molar-refractivity contribution in [1.82, 2.24) is 0 Å². The topological polar surface area (TPSA) is 46.6 Å². The van der Waals surface area contributed by atoms with Crippen LogP contribution in [0, 0.1) is 5.41 Å². The summed E-state index contributed by atoms with van der Waals surface area (Å²) < 4.78 is 6.18. The zero-order valence-electron chi connectivity index (χ0n) is 18.3. The molecular formula is C29H21NO3. The number of carbonyl (C=O) groups is 2. The second kappa shape index (κ2) is 6.91. The second-order valence-corrected chi connectivity index (χ2v) is 8.94. The summed E-state index contributed by atoms with van der Waals surface area (Å²) in [7, 11) is 0. The van der Waals surface area contributed by atoms with E-state index in [4.69, 9.17) is 4.74 Å². The molecule has 0 radical (unpaired) electrons. The number of nitrogens with zero attached hydrogens (tertiary/aromatic N) is 1. The Bertz CT molecular complexity index is 1410. The van der Waals surface area contributed by atoms with E-state index in [0.29, 0.717) is 11.1 Å². The van der Waals surface area contributed by atoms with Gasteiger partial charge in [0.05, 0.1) is 22.5 Å². The third-order valence-corrected chi connectivity index (χ3v) is 6.52. The van der Waals surface area contributed by atoms with E-state index in [-0.39, 0.29) is 11.6 Å². The summed E-state index contributed by atoms with van der Waals surface area (Å²) in [6, 6.07) is 29.4. The molecule has 4 aromatic carbocycles. The summed E-state index contributed by atoms with van der Waals surface area (Å²) in [5.74, 6) is 1.20. The van der Waals surface area contributed by atoms with E-state index in [1.165, 1.54) is 0 Å². The maximum atomic E-state index is 13.2. The molecule has 0 saturated carbocycles. The summed E-state index contributed by atoms with van der Waals surface area (Å²) in [6.45, 7) is 3.41. The van der Waals surface area contributed by atoms with Gasteiger partial charge in [0.25, 0.3) is 0 Å². The minimum atomic E-state index is -1.06. The largest absolute Gasteiger partial charge is 0.453 e. The van der Waals surface area contributed by atoms with E-state index in [1.807, 2.05) is 91.0 Å². The highest BCUT2D eigenvalue weighted by molar-refractivity contribution is 6.30. The lowest BCUT2D eigenvalue weighted by molar-refractivity contribution is 0.0746. The molecule has 4 heteroatoms. The van der Waals surface area contributed by atoms with Crippen LogP contribution >= 0.6 is 0 Å². The van der Waals surface area contributed by atoms with Crippen LogP contribution < -0.4 is 9.64 Å². The normalized spacial score (nSPS) is 15.5. The molecule has 2 aliphatic rings. The van der Waals surface area contributed by atoms with Gasteiger partial charge in [0.15, 0.2) is 23.1 Å². The number of rotatable bonds is 2. The van der Waals surface area contributed by atoms with E-state index >= 15 is 0 Å². The number of para-hydroxylation sites is 4. The average Bonchev–Trinajstić information content (AvgIpc) is 3.02. The van der Waals surface area contributed by atoms with E-state index in [0.717, 1.165) is 39.7 Å². The van der Waals surface area contributed by atoms with Crippen LogP contribution in [0.2, 0.25) is 0 Å². The Morgan fingerprint density at radius 1 is 0.606 bits per heavy atom.